The highest BCUT2D eigenvalue weighted by Crippen LogP contribution is 2.14. The average Bonchev–Trinajstić information content (AvgIpc) is 3.20. The van der Waals surface area contributed by atoms with Crippen LogP contribution < -0.4 is 20.7 Å². The summed E-state index contributed by atoms with van der Waals surface area (Å²) in [6, 6.07) is 12.0. The van der Waals surface area contributed by atoms with Crippen molar-refractivity contribution in [2.24, 2.45) is 10.9 Å². The highest BCUT2D eigenvalue weighted by atomic mass is 127. The predicted octanol–water partition coefficient (Wildman–Crippen LogP) is 3.42. The fraction of sp³-hybridized carbons (Fsp3) is 0.429. The topological polar surface area (TPSA) is 74.8 Å². The van der Waals surface area contributed by atoms with Crippen LogP contribution in [0.3, 0.4) is 0 Å². The summed E-state index contributed by atoms with van der Waals surface area (Å²) in [4.78, 5) is 17.2. The number of likely N-dealkylation sites (N-methyl/N-ethyl adjacent to an activating group) is 1. The minimum absolute atomic E-state index is 0. The van der Waals surface area contributed by atoms with Gasteiger partial charge in [0.25, 0.3) is 5.91 Å². The maximum absolute atomic E-state index is 11.5. The zero-order valence-electron chi connectivity index (χ0n) is 17.2. The van der Waals surface area contributed by atoms with E-state index in [1.165, 1.54) is 4.88 Å². The van der Waals surface area contributed by atoms with Gasteiger partial charge in [-0.1, -0.05) is 25.1 Å². The minimum atomic E-state index is -0.118. The van der Waals surface area contributed by atoms with Gasteiger partial charge in [-0.15, -0.1) is 35.3 Å². The zero-order valence-corrected chi connectivity index (χ0v) is 20.4. The number of hydrogen-bond acceptors (Lipinski definition) is 4. The molecule has 0 bridgehead atoms. The van der Waals surface area contributed by atoms with Gasteiger partial charge < -0.3 is 20.7 Å². The maximum Gasteiger partial charge on any atom is 0.257 e. The van der Waals surface area contributed by atoms with Crippen LogP contribution in [-0.4, -0.2) is 38.6 Å². The van der Waals surface area contributed by atoms with Crippen LogP contribution in [0.15, 0.2) is 46.8 Å². The van der Waals surface area contributed by atoms with E-state index in [4.69, 9.17) is 4.74 Å². The van der Waals surface area contributed by atoms with Gasteiger partial charge >= 0.3 is 0 Å². The summed E-state index contributed by atoms with van der Waals surface area (Å²) < 4.78 is 5.54. The van der Waals surface area contributed by atoms with Gasteiger partial charge in [0.1, 0.15) is 5.75 Å². The second kappa shape index (κ2) is 14.2. The second-order valence-corrected chi connectivity index (χ2v) is 7.62. The number of benzene rings is 1. The molecule has 0 saturated carbocycles. The molecule has 0 aliphatic carbocycles. The molecule has 2 aromatic rings. The lowest BCUT2D eigenvalue weighted by atomic mass is 10.1. The molecule has 1 aromatic heterocycles. The fourth-order valence-corrected chi connectivity index (χ4v) is 3.53. The molecule has 0 spiro atoms. The van der Waals surface area contributed by atoms with E-state index in [1.807, 2.05) is 31.2 Å². The molecule has 6 nitrogen and oxygen atoms in total. The van der Waals surface area contributed by atoms with E-state index in [-0.39, 0.29) is 36.5 Å². The third-order valence-corrected chi connectivity index (χ3v) is 4.97. The Kier molecular flexibility index (Phi) is 12.4. The quantitative estimate of drug-likeness (QED) is 0.250. The number of ether oxygens (including phenoxy) is 1. The molecule has 1 amide bonds. The molecule has 160 valence electrons. The van der Waals surface area contributed by atoms with Gasteiger partial charge in [0.05, 0.1) is 0 Å². The third-order valence-electron chi connectivity index (χ3n) is 4.07. The van der Waals surface area contributed by atoms with Crippen molar-refractivity contribution in [3.05, 3.63) is 52.2 Å². The van der Waals surface area contributed by atoms with Gasteiger partial charge in [0, 0.05) is 31.6 Å². The smallest absolute Gasteiger partial charge is 0.257 e. The summed E-state index contributed by atoms with van der Waals surface area (Å²) in [5.41, 5.74) is 1.06. The minimum Gasteiger partial charge on any atom is -0.484 e. The third kappa shape index (κ3) is 9.98. The molecule has 3 N–H and O–H groups in total. The van der Waals surface area contributed by atoms with E-state index in [9.17, 15) is 4.79 Å². The number of carbonyl (C=O) groups excluding carboxylic acids is 1. The Morgan fingerprint density at radius 1 is 1.21 bits per heavy atom. The van der Waals surface area contributed by atoms with Crippen molar-refractivity contribution in [1.29, 1.82) is 0 Å². The normalized spacial score (nSPS) is 11.9. The van der Waals surface area contributed by atoms with E-state index in [1.54, 1.807) is 18.4 Å². The van der Waals surface area contributed by atoms with Crippen LogP contribution in [0.1, 0.15) is 24.3 Å². The Labute approximate surface area is 194 Å². The number of aliphatic imine (C=N–C) groups is 1. The summed E-state index contributed by atoms with van der Waals surface area (Å²) in [6.45, 7) is 6.22. The van der Waals surface area contributed by atoms with Gasteiger partial charge in [-0.25, -0.2) is 0 Å². The van der Waals surface area contributed by atoms with Crippen molar-refractivity contribution in [3.8, 4) is 5.75 Å². The number of nitrogens with one attached hydrogen (secondary N) is 3. The predicted molar refractivity (Wildman–Crippen MR) is 131 cm³/mol. The first-order valence-electron chi connectivity index (χ1n) is 9.56. The van der Waals surface area contributed by atoms with Gasteiger partial charge in [0.15, 0.2) is 12.6 Å². The van der Waals surface area contributed by atoms with E-state index < -0.39 is 0 Å². The lowest BCUT2D eigenvalue weighted by molar-refractivity contribution is -0.122. The van der Waals surface area contributed by atoms with Gasteiger partial charge in [0.2, 0.25) is 0 Å². The number of halogens is 1. The standard InChI is InChI=1S/C21H30N4O2S.HI/c1-4-23-20(26)15-27-18-8-5-7-17(12-18)14-25-21(22-3)24-13-16(2)11-19-9-6-10-28-19;/h5-10,12,16H,4,11,13-15H2,1-3H3,(H,23,26)(H2,22,24,25);1H. The molecular weight excluding hydrogens is 499 g/mol. The van der Waals surface area contributed by atoms with Crippen LogP contribution in [0.5, 0.6) is 5.75 Å². The molecule has 2 rings (SSSR count). The van der Waals surface area contributed by atoms with Crippen molar-refractivity contribution in [2.75, 3.05) is 26.7 Å². The average molecular weight is 530 g/mol. The fourth-order valence-electron chi connectivity index (χ4n) is 2.66. The number of hydrogen-bond donors (Lipinski definition) is 3. The summed E-state index contributed by atoms with van der Waals surface area (Å²) >= 11 is 1.80. The van der Waals surface area contributed by atoms with Crippen molar-refractivity contribution in [2.45, 2.75) is 26.8 Å². The molecular formula is C21H31IN4O2S. The zero-order chi connectivity index (χ0) is 20.2. The van der Waals surface area contributed by atoms with Crippen LogP contribution in [0, 0.1) is 5.92 Å². The molecule has 1 heterocycles. The van der Waals surface area contributed by atoms with E-state index in [2.05, 4.69) is 45.4 Å². The summed E-state index contributed by atoms with van der Waals surface area (Å²) in [7, 11) is 1.77. The number of nitrogens with zero attached hydrogens (tertiary/aromatic N) is 1. The molecule has 0 radical (unpaired) electrons. The number of guanidine groups is 1. The van der Waals surface area contributed by atoms with E-state index in [0.29, 0.717) is 24.8 Å². The van der Waals surface area contributed by atoms with Gasteiger partial charge in [-0.3, -0.25) is 9.79 Å². The Morgan fingerprint density at radius 3 is 2.72 bits per heavy atom. The Hall–Kier alpha value is -1.81. The molecule has 0 aliphatic heterocycles. The summed E-state index contributed by atoms with van der Waals surface area (Å²) in [5, 5.41) is 11.5. The van der Waals surface area contributed by atoms with Gasteiger partial charge in [-0.05, 0) is 48.4 Å². The number of amides is 1. The van der Waals surface area contributed by atoms with E-state index in [0.717, 1.165) is 24.5 Å². The number of carbonyl (C=O) groups is 1. The lowest BCUT2D eigenvalue weighted by Crippen LogP contribution is -2.39. The monoisotopic (exact) mass is 530 g/mol. The molecule has 1 atom stereocenters. The van der Waals surface area contributed by atoms with Crippen LogP contribution in [0.2, 0.25) is 0 Å². The number of rotatable bonds is 10. The van der Waals surface area contributed by atoms with Crippen LogP contribution in [-0.2, 0) is 17.8 Å². The number of thiophene rings is 1. The first-order chi connectivity index (χ1) is 13.6. The Morgan fingerprint density at radius 2 is 2.03 bits per heavy atom. The molecule has 0 aliphatic rings. The molecule has 1 unspecified atom stereocenters. The van der Waals surface area contributed by atoms with E-state index >= 15 is 0 Å². The second-order valence-electron chi connectivity index (χ2n) is 6.58. The molecule has 8 heteroatoms. The molecule has 0 saturated heterocycles. The van der Waals surface area contributed by atoms with Crippen molar-refractivity contribution in [1.82, 2.24) is 16.0 Å². The summed E-state index contributed by atoms with van der Waals surface area (Å²) in [5.74, 6) is 1.85. The first kappa shape index (κ1) is 25.2. The SMILES string of the molecule is CCNC(=O)COc1cccc(CNC(=NC)NCC(C)Cc2cccs2)c1.I. The van der Waals surface area contributed by atoms with Crippen LogP contribution in [0.25, 0.3) is 0 Å². The van der Waals surface area contributed by atoms with Crippen molar-refractivity contribution < 1.29 is 9.53 Å². The summed E-state index contributed by atoms with van der Waals surface area (Å²) in [6.07, 6.45) is 1.06. The molecule has 29 heavy (non-hydrogen) atoms. The van der Waals surface area contributed by atoms with Crippen molar-refractivity contribution >= 4 is 47.2 Å². The largest absolute Gasteiger partial charge is 0.484 e. The lowest BCUT2D eigenvalue weighted by Gasteiger charge is -2.16. The molecule has 1 aromatic carbocycles. The Bertz CT molecular complexity index is 753. The van der Waals surface area contributed by atoms with Gasteiger partial charge in [-0.2, -0.15) is 0 Å². The van der Waals surface area contributed by atoms with Crippen molar-refractivity contribution in [3.63, 3.8) is 0 Å². The highest BCUT2D eigenvalue weighted by Gasteiger charge is 2.07. The van der Waals surface area contributed by atoms with Crippen LogP contribution in [0.4, 0.5) is 0 Å². The first-order valence-corrected chi connectivity index (χ1v) is 10.4. The highest BCUT2D eigenvalue weighted by molar-refractivity contribution is 14.0. The molecule has 0 fully saturated rings. The Balaban J connectivity index is 0.00000420. The maximum atomic E-state index is 11.5. The van der Waals surface area contributed by atoms with Crippen LogP contribution >= 0.6 is 35.3 Å².